The molecule has 0 saturated carbocycles. The normalized spacial score (nSPS) is 12.2. The minimum Gasteiger partial charge on any atom is -0.351 e. The molecule has 24 heavy (non-hydrogen) atoms. The van der Waals surface area contributed by atoms with Gasteiger partial charge in [0.05, 0.1) is 23.3 Å². The number of aromatic nitrogens is 2. The summed E-state index contributed by atoms with van der Waals surface area (Å²) in [6.45, 7) is 5.57. The minimum atomic E-state index is -0.103. The Hall–Kier alpha value is -2.62. The van der Waals surface area contributed by atoms with Gasteiger partial charge >= 0.3 is 0 Å². The van der Waals surface area contributed by atoms with Crippen LogP contribution in [-0.2, 0) is 17.9 Å². The number of fused-ring (bicyclic) bond motifs is 1. The number of aryl methyl sites for hydroxylation is 1. The number of benzene rings is 2. The van der Waals surface area contributed by atoms with Crippen molar-refractivity contribution in [1.29, 1.82) is 0 Å². The van der Waals surface area contributed by atoms with E-state index in [1.165, 1.54) is 0 Å². The first kappa shape index (κ1) is 16.2. The minimum absolute atomic E-state index is 0.0721. The summed E-state index contributed by atoms with van der Waals surface area (Å²) in [7, 11) is 0. The third-order valence-corrected chi connectivity index (χ3v) is 4.42. The van der Waals surface area contributed by atoms with Crippen molar-refractivity contribution in [2.75, 3.05) is 0 Å². The SMILES string of the molecule is CC[C@@H](C(=O)NCc1ccc2c(c1)ncn2CC)c1ccccc1. The lowest BCUT2D eigenvalue weighted by Gasteiger charge is -2.15. The predicted octanol–water partition coefficient (Wildman–Crippen LogP) is 3.87. The highest BCUT2D eigenvalue weighted by Gasteiger charge is 2.18. The molecule has 0 aliphatic rings. The first-order valence-corrected chi connectivity index (χ1v) is 8.49. The number of rotatable bonds is 6. The van der Waals surface area contributed by atoms with E-state index in [1.807, 2.05) is 49.6 Å². The summed E-state index contributed by atoms with van der Waals surface area (Å²) in [6.07, 6.45) is 2.64. The molecular weight excluding hydrogens is 298 g/mol. The van der Waals surface area contributed by atoms with Crippen LogP contribution in [0.3, 0.4) is 0 Å². The van der Waals surface area contributed by atoms with Gasteiger partial charge in [-0.25, -0.2) is 4.98 Å². The Morgan fingerprint density at radius 3 is 2.67 bits per heavy atom. The third-order valence-electron chi connectivity index (χ3n) is 4.42. The highest BCUT2D eigenvalue weighted by molar-refractivity contribution is 5.83. The number of amides is 1. The molecule has 1 aromatic heterocycles. The predicted molar refractivity (Wildman–Crippen MR) is 96.7 cm³/mol. The summed E-state index contributed by atoms with van der Waals surface area (Å²) >= 11 is 0. The van der Waals surface area contributed by atoms with Gasteiger partial charge in [0.2, 0.25) is 5.91 Å². The Balaban J connectivity index is 1.69. The van der Waals surface area contributed by atoms with E-state index in [4.69, 9.17) is 0 Å². The molecule has 3 rings (SSSR count). The van der Waals surface area contributed by atoms with Crippen LogP contribution in [0.5, 0.6) is 0 Å². The van der Waals surface area contributed by atoms with Gasteiger partial charge in [0.25, 0.3) is 0 Å². The molecule has 0 radical (unpaired) electrons. The van der Waals surface area contributed by atoms with Crippen LogP contribution in [0, 0.1) is 0 Å². The van der Waals surface area contributed by atoms with Gasteiger partial charge in [0.1, 0.15) is 0 Å². The topological polar surface area (TPSA) is 46.9 Å². The number of carbonyl (C=O) groups is 1. The van der Waals surface area contributed by atoms with E-state index in [-0.39, 0.29) is 11.8 Å². The molecule has 0 bridgehead atoms. The monoisotopic (exact) mass is 321 g/mol. The second-order valence-corrected chi connectivity index (χ2v) is 5.94. The molecule has 1 amide bonds. The van der Waals surface area contributed by atoms with Gasteiger partial charge < -0.3 is 9.88 Å². The molecule has 0 saturated heterocycles. The number of hydrogen-bond acceptors (Lipinski definition) is 2. The summed E-state index contributed by atoms with van der Waals surface area (Å²) in [5.41, 5.74) is 4.23. The van der Waals surface area contributed by atoms with E-state index < -0.39 is 0 Å². The smallest absolute Gasteiger partial charge is 0.227 e. The van der Waals surface area contributed by atoms with Crippen molar-refractivity contribution in [3.8, 4) is 0 Å². The number of nitrogens with one attached hydrogen (secondary N) is 1. The summed E-state index contributed by atoms with van der Waals surface area (Å²) in [4.78, 5) is 17.0. The summed E-state index contributed by atoms with van der Waals surface area (Å²) in [5, 5.41) is 3.06. The molecule has 1 heterocycles. The van der Waals surface area contributed by atoms with Gasteiger partial charge in [-0.15, -0.1) is 0 Å². The van der Waals surface area contributed by atoms with Crippen molar-refractivity contribution in [2.24, 2.45) is 0 Å². The Morgan fingerprint density at radius 1 is 1.17 bits per heavy atom. The Kier molecular flexibility index (Phi) is 4.94. The first-order valence-electron chi connectivity index (χ1n) is 8.49. The Morgan fingerprint density at radius 2 is 1.96 bits per heavy atom. The molecule has 4 nitrogen and oxygen atoms in total. The van der Waals surface area contributed by atoms with E-state index in [0.29, 0.717) is 6.54 Å². The highest BCUT2D eigenvalue weighted by Crippen LogP contribution is 2.20. The molecule has 0 fully saturated rings. The zero-order valence-electron chi connectivity index (χ0n) is 14.2. The fraction of sp³-hybridized carbons (Fsp3) is 0.300. The van der Waals surface area contributed by atoms with E-state index in [0.717, 1.165) is 35.1 Å². The van der Waals surface area contributed by atoms with Crippen LogP contribution in [0.15, 0.2) is 54.9 Å². The first-order chi connectivity index (χ1) is 11.7. The Bertz CT molecular complexity index is 823. The molecule has 124 valence electrons. The molecule has 2 aromatic carbocycles. The largest absolute Gasteiger partial charge is 0.351 e. The molecule has 0 aliphatic carbocycles. The molecular formula is C20H23N3O. The molecule has 0 unspecified atom stereocenters. The van der Waals surface area contributed by atoms with Gasteiger partial charge in [0, 0.05) is 13.1 Å². The van der Waals surface area contributed by atoms with Crippen molar-refractivity contribution in [2.45, 2.75) is 39.3 Å². The fourth-order valence-corrected chi connectivity index (χ4v) is 3.04. The molecule has 1 atom stereocenters. The lowest BCUT2D eigenvalue weighted by molar-refractivity contribution is -0.122. The highest BCUT2D eigenvalue weighted by atomic mass is 16.1. The third kappa shape index (κ3) is 3.32. The van der Waals surface area contributed by atoms with E-state index >= 15 is 0 Å². The van der Waals surface area contributed by atoms with Crippen LogP contribution >= 0.6 is 0 Å². The van der Waals surface area contributed by atoms with Crippen LogP contribution in [0.4, 0.5) is 0 Å². The van der Waals surface area contributed by atoms with Crippen LogP contribution in [0.1, 0.15) is 37.3 Å². The van der Waals surface area contributed by atoms with Gasteiger partial charge in [-0.3, -0.25) is 4.79 Å². The number of hydrogen-bond donors (Lipinski definition) is 1. The maximum absolute atomic E-state index is 12.5. The fourth-order valence-electron chi connectivity index (χ4n) is 3.04. The lowest BCUT2D eigenvalue weighted by atomic mass is 9.95. The number of carbonyl (C=O) groups excluding carboxylic acids is 1. The number of imidazole rings is 1. The van der Waals surface area contributed by atoms with Crippen LogP contribution in [0.2, 0.25) is 0 Å². The van der Waals surface area contributed by atoms with Gasteiger partial charge in [-0.2, -0.15) is 0 Å². The van der Waals surface area contributed by atoms with E-state index in [2.05, 4.69) is 33.9 Å². The van der Waals surface area contributed by atoms with Gasteiger partial charge in [0.15, 0.2) is 0 Å². The summed E-state index contributed by atoms with van der Waals surface area (Å²) < 4.78 is 2.11. The molecule has 4 heteroatoms. The van der Waals surface area contributed by atoms with Crippen molar-refractivity contribution in [3.05, 3.63) is 66.0 Å². The average molecular weight is 321 g/mol. The number of nitrogens with zero attached hydrogens (tertiary/aromatic N) is 2. The molecule has 0 spiro atoms. The van der Waals surface area contributed by atoms with Crippen molar-refractivity contribution < 1.29 is 4.79 Å². The van der Waals surface area contributed by atoms with Crippen LogP contribution in [0.25, 0.3) is 11.0 Å². The zero-order valence-corrected chi connectivity index (χ0v) is 14.2. The summed E-state index contributed by atoms with van der Waals surface area (Å²) in [6, 6.07) is 16.1. The van der Waals surface area contributed by atoms with Crippen molar-refractivity contribution in [1.82, 2.24) is 14.9 Å². The van der Waals surface area contributed by atoms with Crippen molar-refractivity contribution >= 4 is 16.9 Å². The van der Waals surface area contributed by atoms with Crippen molar-refractivity contribution in [3.63, 3.8) is 0 Å². The zero-order chi connectivity index (χ0) is 16.9. The second kappa shape index (κ2) is 7.30. The van der Waals surface area contributed by atoms with Crippen LogP contribution < -0.4 is 5.32 Å². The molecule has 1 N–H and O–H groups in total. The van der Waals surface area contributed by atoms with E-state index in [9.17, 15) is 4.79 Å². The van der Waals surface area contributed by atoms with Crippen LogP contribution in [-0.4, -0.2) is 15.5 Å². The standard InChI is InChI=1S/C20H23N3O/c1-3-17(16-8-6-5-7-9-16)20(24)21-13-15-10-11-19-18(12-15)22-14-23(19)4-2/h5-12,14,17H,3-4,13H2,1-2H3,(H,21,24)/t17-/m1/s1. The second-order valence-electron chi connectivity index (χ2n) is 5.94. The molecule has 0 aliphatic heterocycles. The lowest BCUT2D eigenvalue weighted by Crippen LogP contribution is -2.28. The van der Waals surface area contributed by atoms with E-state index in [1.54, 1.807) is 0 Å². The van der Waals surface area contributed by atoms with Gasteiger partial charge in [-0.05, 0) is 36.6 Å². The maximum atomic E-state index is 12.5. The molecule has 3 aromatic rings. The maximum Gasteiger partial charge on any atom is 0.227 e. The summed E-state index contributed by atoms with van der Waals surface area (Å²) in [5.74, 6) is -0.0304. The quantitative estimate of drug-likeness (QED) is 0.749. The van der Waals surface area contributed by atoms with Gasteiger partial charge in [-0.1, -0.05) is 43.3 Å². The average Bonchev–Trinajstić information content (AvgIpc) is 3.04. The Labute approximate surface area is 142 Å².